The van der Waals surface area contributed by atoms with Crippen LogP contribution in [-0.4, -0.2) is 48.1 Å². The Balaban J connectivity index is 1.71. The smallest absolute Gasteiger partial charge is 0.191 e. The predicted molar refractivity (Wildman–Crippen MR) is 121 cm³/mol. The Morgan fingerprint density at radius 2 is 1.97 bits per heavy atom. The average Bonchev–Trinajstić information content (AvgIpc) is 2.94. The van der Waals surface area contributed by atoms with Gasteiger partial charge in [-0.2, -0.15) is 5.10 Å². The van der Waals surface area contributed by atoms with E-state index in [1.165, 1.54) is 16.8 Å². The van der Waals surface area contributed by atoms with Gasteiger partial charge in [0.1, 0.15) is 0 Å². The number of nitrogens with zero attached hydrogens (tertiary/aromatic N) is 3. The molecule has 0 spiro atoms. The number of rotatable bonds is 11. The average molecular weight is 400 g/mol. The van der Waals surface area contributed by atoms with Crippen molar-refractivity contribution in [2.24, 2.45) is 12.0 Å². The van der Waals surface area contributed by atoms with Crippen molar-refractivity contribution in [2.45, 2.75) is 53.0 Å². The Hall–Kier alpha value is -2.34. The summed E-state index contributed by atoms with van der Waals surface area (Å²) in [6.07, 6.45) is 2.80. The molecule has 2 aromatic rings. The molecule has 6 nitrogen and oxygen atoms in total. The predicted octanol–water partition coefficient (Wildman–Crippen LogP) is 3.17. The van der Waals surface area contributed by atoms with Gasteiger partial charge in [-0.25, -0.2) is 0 Å². The third-order valence-electron chi connectivity index (χ3n) is 4.99. The van der Waals surface area contributed by atoms with E-state index in [1.54, 1.807) is 0 Å². The largest absolute Gasteiger partial charge is 0.381 e. The minimum atomic E-state index is 0.275. The van der Waals surface area contributed by atoms with E-state index in [2.05, 4.69) is 67.7 Å². The van der Waals surface area contributed by atoms with Gasteiger partial charge in [-0.05, 0) is 58.1 Å². The molecule has 1 atom stereocenters. The van der Waals surface area contributed by atoms with E-state index < -0.39 is 0 Å². The molecule has 0 saturated carbocycles. The molecular weight excluding hydrogens is 362 g/mol. The molecular formula is C23H37N5O. The number of aromatic nitrogens is 2. The lowest BCUT2D eigenvalue weighted by Crippen LogP contribution is -2.43. The fourth-order valence-electron chi connectivity index (χ4n) is 3.32. The first-order chi connectivity index (χ1) is 14.0. The Morgan fingerprint density at radius 3 is 2.62 bits per heavy atom. The lowest BCUT2D eigenvalue weighted by atomic mass is 10.1. The Kier molecular flexibility index (Phi) is 9.71. The SMILES string of the molecule is CCNC(=NCCCOCCc1ccccc1)NC(C)Cc1c(C)nn(C)c1C. The summed E-state index contributed by atoms with van der Waals surface area (Å²) in [4.78, 5) is 4.69. The maximum absolute atomic E-state index is 5.75. The standard InChI is InChI=1S/C23H37N5O/c1-6-24-23(26-18(2)17-22-19(3)27-28(5)20(22)4)25-14-10-15-29-16-13-21-11-8-7-9-12-21/h7-9,11-12,18H,6,10,13-17H2,1-5H3,(H2,24,25,26). The second kappa shape index (κ2) is 12.3. The van der Waals surface area contributed by atoms with E-state index in [9.17, 15) is 0 Å². The van der Waals surface area contributed by atoms with Gasteiger partial charge in [-0.1, -0.05) is 30.3 Å². The van der Waals surface area contributed by atoms with Crippen molar-refractivity contribution >= 4 is 5.96 Å². The molecule has 1 aromatic carbocycles. The molecule has 29 heavy (non-hydrogen) atoms. The van der Waals surface area contributed by atoms with Crippen LogP contribution >= 0.6 is 0 Å². The summed E-state index contributed by atoms with van der Waals surface area (Å²) < 4.78 is 7.70. The van der Waals surface area contributed by atoms with Gasteiger partial charge >= 0.3 is 0 Å². The van der Waals surface area contributed by atoms with E-state index in [-0.39, 0.29) is 6.04 Å². The van der Waals surface area contributed by atoms with Crippen LogP contribution in [0.25, 0.3) is 0 Å². The Bertz CT molecular complexity index is 754. The van der Waals surface area contributed by atoms with E-state index in [4.69, 9.17) is 9.73 Å². The van der Waals surface area contributed by atoms with Crippen LogP contribution in [0.5, 0.6) is 0 Å². The molecule has 0 aliphatic rings. The van der Waals surface area contributed by atoms with Gasteiger partial charge in [-0.3, -0.25) is 9.67 Å². The number of hydrogen-bond acceptors (Lipinski definition) is 3. The van der Waals surface area contributed by atoms with Crippen molar-refractivity contribution in [3.63, 3.8) is 0 Å². The highest BCUT2D eigenvalue weighted by atomic mass is 16.5. The highest BCUT2D eigenvalue weighted by Gasteiger charge is 2.13. The molecule has 0 aliphatic heterocycles. The minimum absolute atomic E-state index is 0.275. The summed E-state index contributed by atoms with van der Waals surface area (Å²) in [6, 6.07) is 10.7. The molecule has 0 fully saturated rings. The van der Waals surface area contributed by atoms with Crippen molar-refractivity contribution in [2.75, 3.05) is 26.3 Å². The minimum Gasteiger partial charge on any atom is -0.381 e. The zero-order valence-electron chi connectivity index (χ0n) is 18.7. The number of aliphatic imine (C=N–C) groups is 1. The van der Waals surface area contributed by atoms with Gasteiger partial charge in [-0.15, -0.1) is 0 Å². The van der Waals surface area contributed by atoms with Crippen LogP contribution in [0.4, 0.5) is 0 Å². The molecule has 2 N–H and O–H groups in total. The summed E-state index contributed by atoms with van der Waals surface area (Å²) >= 11 is 0. The first-order valence-electron chi connectivity index (χ1n) is 10.7. The molecule has 0 aliphatic carbocycles. The maximum atomic E-state index is 5.75. The molecule has 160 valence electrons. The van der Waals surface area contributed by atoms with Crippen LogP contribution in [0.3, 0.4) is 0 Å². The zero-order valence-corrected chi connectivity index (χ0v) is 18.7. The van der Waals surface area contributed by atoms with Crippen molar-refractivity contribution < 1.29 is 4.74 Å². The molecule has 6 heteroatoms. The van der Waals surface area contributed by atoms with Crippen molar-refractivity contribution in [1.29, 1.82) is 0 Å². The first kappa shape index (κ1) is 22.9. The van der Waals surface area contributed by atoms with E-state index >= 15 is 0 Å². The van der Waals surface area contributed by atoms with Gasteiger partial charge in [0.05, 0.1) is 12.3 Å². The van der Waals surface area contributed by atoms with Gasteiger partial charge in [0.15, 0.2) is 5.96 Å². The molecule has 1 aromatic heterocycles. The van der Waals surface area contributed by atoms with Crippen LogP contribution in [0.15, 0.2) is 35.3 Å². The molecule has 2 rings (SSSR count). The second-order valence-electron chi connectivity index (χ2n) is 7.48. The van der Waals surface area contributed by atoms with Gasteiger partial charge < -0.3 is 15.4 Å². The quantitative estimate of drug-likeness (QED) is 0.346. The van der Waals surface area contributed by atoms with Crippen LogP contribution in [-0.2, 0) is 24.6 Å². The molecule has 1 heterocycles. The highest BCUT2D eigenvalue weighted by molar-refractivity contribution is 5.80. The van der Waals surface area contributed by atoms with E-state index in [1.807, 2.05) is 17.8 Å². The topological polar surface area (TPSA) is 63.5 Å². The number of guanidine groups is 1. The van der Waals surface area contributed by atoms with Crippen LogP contribution in [0.2, 0.25) is 0 Å². The maximum Gasteiger partial charge on any atom is 0.191 e. The monoisotopic (exact) mass is 399 g/mol. The molecule has 0 saturated heterocycles. The van der Waals surface area contributed by atoms with Crippen molar-refractivity contribution in [1.82, 2.24) is 20.4 Å². The number of nitrogens with one attached hydrogen (secondary N) is 2. The van der Waals surface area contributed by atoms with Gasteiger partial charge in [0, 0.05) is 38.5 Å². The fourth-order valence-corrected chi connectivity index (χ4v) is 3.32. The zero-order chi connectivity index (χ0) is 21.1. The number of hydrogen-bond donors (Lipinski definition) is 2. The van der Waals surface area contributed by atoms with Gasteiger partial charge in [0.25, 0.3) is 0 Å². The molecule has 0 bridgehead atoms. The fraction of sp³-hybridized carbons (Fsp3) is 0.565. The van der Waals surface area contributed by atoms with Gasteiger partial charge in [0.2, 0.25) is 0 Å². The summed E-state index contributed by atoms with van der Waals surface area (Å²) in [5.74, 6) is 0.864. The normalized spacial score (nSPS) is 12.8. The number of ether oxygens (including phenoxy) is 1. The highest BCUT2D eigenvalue weighted by Crippen LogP contribution is 2.14. The van der Waals surface area contributed by atoms with E-state index in [0.717, 1.165) is 57.2 Å². The third-order valence-corrected chi connectivity index (χ3v) is 4.99. The lowest BCUT2D eigenvalue weighted by Gasteiger charge is -2.18. The number of benzene rings is 1. The summed E-state index contributed by atoms with van der Waals surface area (Å²) in [5.41, 5.74) is 4.96. The van der Waals surface area contributed by atoms with Crippen LogP contribution in [0.1, 0.15) is 42.8 Å². The third kappa shape index (κ3) is 7.89. The number of aryl methyl sites for hydroxylation is 2. The first-order valence-corrected chi connectivity index (χ1v) is 10.7. The Labute approximate surface area is 175 Å². The summed E-state index contributed by atoms with van der Waals surface area (Å²) in [6.45, 7) is 11.6. The molecule has 0 radical (unpaired) electrons. The summed E-state index contributed by atoms with van der Waals surface area (Å²) in [7, 11) is 2.00. The summed E-state index contributed by atoms with van der Waals surface area (Å²) in [5, 5.41) is 11.4. The Morgan fingerprint density at radius 1 is 1.21 bits per heavy atom. The van der Waals surface area contributed by atoms with Crippen LogP contribution in [0, 0.1) is 13.8 Å². The molecule has 0 amide bonds. The van der Waals surface area contributed by atoms with E-state index in [0.29, 0.717) is 0 Å². The molecule has 1 unspecified atom stereocenters. The lowest BCUT2D eigenvalue weighted by molar-refractivity contribution is 0.136. The van der Waals surface area contributed by atoms with Crippen molar-refractivity contribution in [3.8, 4) is 0 Å². The second-order valence-corrected chi connectivity index (χ2v) is 7.48. The van der Waals surface area contributed by atoms with Crippen LogP contribution < -0.4 is 10.6 Å². The van der Waals surface area contributed by atoms with Crippen molar-refractivity contribution in [3.05, 3.63) is 52.8 Å².